The van der Waals surface area contributed by atoms with Crippen molar-refractivity contribution in [1.29, 1.82) is 0 Å². The van der Waals surface area contributed by atoms with Gasteiger partial charge in [-0.2, -0.15) is 0 Å². The molecule has 0 spiro atoms. The summed E-state index contributed by atoms with van der Waals surface area (Å²) in [5.74, 6) is -0.892. The fourth-order valence-corrected chi connectivity index (χ4v) is 2.79. The minimum Gasteiger partial charge on any atom is -0.481 e. The highest BCUT2D eigenvalue weighted by Gasteiger charge is 2.50. The molecule has 17 heavy (non-hydrogen) atoms. The second-order valence-electron chi connectivity index (χ2n) is 5.66. The van der Waals surface area contributed by atoms with Crippen LogP contribution < -0.4 is 0 Å². The summed E-state index contributed by atoms with van der Waals surface area (Å²) in [6.07, 6.45) is 3.91. The van der Waals surface area contributed by atoms with Crippen molar-refractivity contribution in [2.75, 3.05) is 6.54 Å². The number of nitrogens with zero attached hydrogens (tertiary/aromatic N) is 1. The molecule has 0 aromatic heterocycles. The quantitative estimate of drug-likeness (QED) is 0.798. The molecule has 4 heteroatoms. The van der Waals surface area contributed by atoms with E-state index in [1.807, 2.05) is 4.90 Å². The third kappa shape index (κ3) is 2.61. The first-order valence-electron chi connectivity index (χ1n) is 6.54. The number of aliphatic carboxylic acids is 1. The van der Waals surface area contributed by atoms with Gasteiger partial charge in [0.15, 0.2) is 0 Å². The molecule has 4 nitrogen and oxygen atoms in total. The van der Waals surface area contributed by atoms with Crippen molar-refractivity contribution in [2.45, 2.75) is 45.6 Å². The van der Waals surface area contributed by atoms with E-state index < -0.39 is 11.9 Å². The van der Waals surface area contributed by atoms with Crippen LogP contribution in [0.4, 0.5) is 0 Å². The van der Waals surface area contributed by atoms with Crippen molar-refractivity contribution in [3.63, 3.8) is 0 Å². The zero-order valence-electron chi connectivity index (χ0n) is 10.6. The highest BCUT2D eigenvalue weighted by molar-refractivity contribution is 5.89. The van der Waals surface area contributed by atoms with E-state index in [4.69, 9.17) is 5.11 Å². The van der Waals surface area contributed by atoms with Gasteiger partial charge in [0.1, 0.15) is 0 Å². The predicted octanol–water partition coefficient (Wildman–Crippen LogP) is 1.74. The first-order valence-corrected chi connectivity index (χ1v) is 6.54. The summed E-state index contributed by atoms with van der Waals surface area (Å²) in [5, 5.41) is 8.87. The molecule has 0 radical (unpaired) electrons. The molecular formula is C13H21NO3. The lowest BCUT2D eigenvalue weighted by atomic mass is 10.1. The number of hydrogen-bond acceptors (Lipinski definition) is 2. The van der Waals surface area contributed by atoms with E-state index in [9.17, 15) is 9.59 Å². The second-order valence-corrected chi connectivity index (χ2v) is 5.66. The smallest absolute Gasteiger partial charge is 0.307 e. The number of carboxylic acid groups (broad SMARTS) is 1. The number of rotatable bonds is 2. The van der Waals surface area contributed by atoms with Gasteiger partial charge in [-0.3, -0.25) is 9.59 Å². The molecule has 0 aromatic carbocycles. The molecule has 0 bridgehead atoms. The lowest BCUT2D eigenvalue weighted by molar-refractivity contribution is -0.142. The zero-order chi connectivity index (χ0) is 12.6. The Morgan fingerprint density at radius 3 is 2.47 bits per heavy atom. The fourth-order valence-electron chi connectivity index (χ4n) is 2.79. The molecule has 96 valence electrons. The molecular weight excluding hydrogens is 218 g/mol. The lowest BCUT2D eigenvalue weighted by Crippen LogP contribution is -2.41. The molecule has 1 heterocycles. The molecule has 1 aliphatic carbocycles. The van der Waals surface area contributed by atoms with Gasteiger partial charge in [0.2, 0.25) is 5.91 Å². The summed E-state index contributed by atoms with van der Waals surface area (Å²) in [7, 11) is 0. The van der Waals surface area contributed by atoms with Crippen molar-refractivity contribution in [3.8, 4) is 0 Å². The van der Waals surface area contributed by atoms with Gasteiger partial charge in [-0.1, -0.05) is 13.3 Å². The van der Waals surface area contributed by atoms with Gasteiger partial charge in [0.25, 0.3) is 0 Å². The molecule has 2 rings (SSSR count). The van der Waals surface area contributed by atoms with Crippen molar-refractivity contribution < 1.29 is 14.7 Å². The van der Waals surface area contributed by atoms with E-state index in [0.717, 1.165) is 13.0 Å². The Bertz CT molecular complexity index is 329. The number of likely N-dealkylation sites (tertiary alicyclic amines) is 1. The lowest BCUT2D eigenvalue weighted by Gasteiger charge is -2.29. The van der Waals surface area contributed by atoms with Crippen molar-refractivity contribution in [1.82, 2.24) is 4.90 Å². The third-order valence-corrected chi connectivity index (χ3v) is 4.07. The van der Waals surface area contributed by atoms with Crippen LogP contribution >= 0.6 is 0 Å². The molecule has 1 saturated carbocycles. The van der Waals surface area contributed by atoms with Crippen LogP contribution in [0.25, 0.3) is 0 Å². The van der Waals surface area contributed by atoms with E-state index in [1.54, 1.807) is 0 Å². The number of carbonyl (C=O) groups excluding carboxylic acids is 1. The zero-order valence-corrected chi connectivity index (χ0v) is 10.6. The number of amides is 1. The Hall–Kier alpha value is -1.06. The molecule has 4 unspecified atom stereocenters. The van der Waals surface area contributed by atoms with E-state index in [-0.39, 0.29) is 17.9 Å². The summed E-state index contributed by atoms with van der Waals surface area (Å²) in [6, 6.07) is 0.266. The van der Waals surface area contributed by atoms with E-state index in [2.05, 4.69) is 13.8 Å². The maximum Gasteiger partial charge on any atom is 0.307 e. The summed E-state index contributed by atoms with van der Waals surface area (Å²) in [6.45, 7) is 5.04. The van der Waals surface area contributed by atoms with Crippen LogP contribution in [-0.4, -0.2) is 34.5 Å². The Balaban J connectivity index is 2.00. The first kappa shape index (κ1) is 12.4. The summed E-state index contributed by atoms with van der Waals surface area (Å²) in [5.41, 5.74) is 0. The first-order chi connectivity index (χ1) is 8.00. The van der Waals surface area contributed by atoms with Crippen LogP contribution in [0.3, 0.4) is 0 Å². The van der Waals surface area contributed by atoms with Crippen molar-refractivity contribution in [2.24, 2.45) is 17.8 Å². The van der Waals surface area contributed by atoms with E-state index in [0.29, 0.717) is 12.3 Å². The van der Waals surface area contributed by atoms with Gasteiger partial charge < -0.3 is 10.0 Å². The topological polar surface area (TPSA) is 57.6 Å². The molecule has 0 aromatic rings. The van der Waals surface area contributed by atoms with Gasteiger partial charge in [0.05, 0.1) is 11.8 Å². The van der Waals surface area contributed by atoms with Crippen molar-refractivity contribution in [3.05, 3.63) is 0 Å². The van der Waals surface area contributed by atoms with Crippen LogP contribution in [0.1, 0.15) is 39.5 Å². The normalized spacial score (nSPS) is 37.4. The van der Waals surface area contributed by atoms with E-state index >= 15 is 0 Å². The Kier molecular flexibility index (Phi) is 3.40. The van der Waals surface area contributed by atoms with Crippen molar-refractivity contribution >= 4 is 11.9 Å². The summed E-state index contributed by atoms with van der Waals surface area (Å²) < 4.78 is 0. The number of carbonyl (C=O) groups is 2. The van der Waals surface area contributed by atoms with Crippen LogP contribution in [0.5, 0.6) is 0 Å². The third-order valence-electron chi connectivity index (χ3n) is 4.07. The minimum absolute atomic E-state index is 0.0682. The van der Waals surface area contributed by atoms with Crippen LogP contribution in [0.15, 0.2) is 0 Å². The molecule has 1 amide bonds. The Morgan fingerprint density at radius 1 is 1.18 bits per heavy atom. The van der Waals surface area contributed by atoms with Crippen LogP contribution in [-0.2, 0) is 9.59 Å². The van der Waals surface area contributed by atoms with E-state index in [1.165, 1.54) is 12.8 Å². The van der Waals surface area contributed by atoms with Crippen LogP contribution in [0.2, 0.25) is 0 Å². The molecule has 4 atom stereocenters. The maximum absolute atomic E-state index is 12.2. The van der Waals surface area contributed by atoms with Gasteiger partial charge in [-0.05, 0) is 32.1 Å². The SMILES string of the molecule is CC1CCCC(C)N(C(=O)C2CC2C(=O)O)C1. The summed E-state index contributed by atoms with van der Waals surface area (Å²) in [4.78, 5) is 25.0. The molecule has 1 N–H and O–H groups in total. The van der Waals surface area contributed by atoms with Gasteiger partial charge >= 0.3 is 5.97 Å². The summed E-state index contributed by atoms with van der Waals surface area (Å²) >= 11 is 0. The standard InChI is InChI=1S/C13H21NO3/c1-8-4-3-5-9(2)14(7-8)12(15)10-6-11(10)13(16)17/h8-11H,3-7H2,1-2H3,(H,16,17). The largest absolute Gasteiger partial charge is 0.481 e. The van der Waals surface area contributed by atoms with Gasteiger partial charge in [0, 0.05) is 12.6 Å². The number of carboxylic acids is 1. The highest BCUT2D eigenvalue weighted by atomic mass is 16.4. The van der Waals surface area contributed by atoms with Gasteiger partial charge in [-0.25, -0.2) is 0 Å². The minimum atomic E-state index is -0.820. The average Bonchev–Trinajstić information content (AvgIpc) is 3.04. The molecule has 2 fully saturated rings. The average molecular weight is 239 g/mol. The highest BCUT2D eigenvalue weighted by Crippen LogP contribution is 2.41. The second kappa shape index (κ2) is 4.67. The Labute approximate surface area is 102 Å². The van der Waals surface area contributed by atoms with Crippen LogP contribution in [0, 0.1) is 17.8 Å². The van der Waals surface area contributed by atoms with Gasteiger partial charge in [-0.15, -0.1) is 0 Å². The fraction of sp³-hybridized carbons (Fsp3) is 0.846. The Morgan fingerprint density at radius 2 is 1.88 bits per heavy atom. The number of hydrogen-bond donors (Lipinski definition) is 1. The maximum atomic E-state index is 12.2. The monoisotopic (exact) mass is 239 g/mol. The molecule has 1 aliphatic heterocycles. The predicted molar refractivity (Wildman–Crippen MR) is 63.4 cm³/mol. The molecule has 1 saturated heterocycles. The molecule has 2 aliphatic rings.